The fourth-order valence-electron chi connectivity index (χ4n) is 1.78. The van der Waals surface area contributed by atoms with E-state index in [4.69, 9.17) is 21.6 Å². The summed E-state index contributed by atoms with van der Waals surface area (Å²) in [6.45, 7) is 1.64. The van der Waals surface area contributed by atoms with Crippen molar-refractivity contribution in [1.82, 2.24) is 0 Å². The van der Waals surface area contributed by atoms with Gasteiger partial charge in [-0.2, -0.15) is 5.26 Å². The van der Waals surface area contributed by atoms with Crippen molar-refractivity contribution in [2.45, 2.75) is 19.6 Å². The molecule has 108 valence electrons. The molecule has 0 spiro atoms. The van der Waals surface area contributed by atoms with Crippen LogP contribution < -0.4 is 4.74 Å². The van der Waals surface area contributed by atoms with Crippen LogP contribution in [0.3, 0.4) is 0 Å². The second-order valence-corrected chi connectivity index (χ2v) is 4.98. The highest BCUT2D eigenvalue weighted by Gasteiger charge is 2.09. The van der Waals surface area contributed by atoms with Crippen LogP contribution in [-0.2, 0) is 6.61 Å². The molecule has 0 saturated carbocycles. The molecule has 21 heavy (non-hydrogen) atoms. The molecule has 2 aromatic rings. The topological polar surface area (TPSA) is 53.2 Å². The molecule has 5 heteroatoms. The van der Waals surface area contributed by atoms with Crippen molar-refractivity contribution in [2.75, 3.05) is 0 Å². The lowest BCUT2D eigenvalue weighted by molar-refractivity contribution is 0.199. The highest BCUT2D eigenvalue weighted by atomic mass is 35.5. The third-order valence-corrected chi connectivity index (χ3v) is 3.30. The molecule has 1 N–H and O–H groups in total. The third-order valence-electron chi connectivity index (χ3n) is 3.00. The number of rotatable bonds is 4. The van der Waals surface area contributed by atoms with E-state index in [0.29, 0.717) is 21.9 Å². The predicted molar refractivity (Wildman–Crippen MR) is 77.5 cm³/mol. The summed E-state index contributed by atoms with van der Waals surface area (Å²) in [6.07, 6.45) is -0.618. The first-order valence-electron chi connectivity index (χ1n) is 6.30. The highest BCUT2D eigenvalue weighted by Crippen LogP contribution is 2.28. The lowest BCUT2D eigenvalue weighted by Crippen LogP contribution is -2.00. The molecule has 0 amide bonds. The number of aliphatic hydroxyl groups excluding tert-OH is 1. The van der Waals surface area contributed by atoms with E-state index >= 15 is 0 Å². The molecular weight excluding hydrogens is 293 g/mol. The van der Waals surface area contributed by atoms with Gasteiger partial charge in [-0.05, 0) is 36.8 Å². The molecule has 1 atom stereocenters. The SMILES string of the molecule is C[C@H](O)c1ccc(OCc2ccc(C#N)cc2F)c(Cl)c1. The van der Waals surface area contributed by atoms with E-state index in [1.54, 1.807) is 25.1 Å². The Kier molecular flexibility index (Phi) is 4.79. The summed E-state index contributed by atoms with van der Waals surface area (Å²) in [5.74, 6) is -0.0874. The van der Waals surface area contributed by atoms with Gasteiger partial charge in [0.05, 0.1) is 22.8 Å². The molecule has 0 aliphatic heterocycles. The van der Waals surface area contributed by atoms with Crippen molar-refractivity contribution in [2.24, 2.45) is 0 Å². The van der Waals surface area contributed by atoms with Gasteiger partial charge >= 0.3 is 0 Å². The first-order valence-corrected chi connectivity index (χ1v) is 6.68. The van der Waals surface area contributed by atoms with Crippen LogP contribution in [0.5, 0.6) is 5.75 Å². The van der Waals surface area contributed by atoms with Crippen LogP contribution in [-0.4, -0.2) is 5.11 Å². The number of hydrogen-bond donors (Lipinski definition) is 1. The Hall–Kier alpha value is -2.09. The lowest BCUT2D eigenvalue weighted by atomic mass is 10.1. The van der Waals surface area contributed by atoms with Crippen molar-refractivity contribution in [3.05, 3.63) is 63.9 Å². The summed E-state index contributed by atoms with van der Waals surface area (Å²) in [6, 6.07) is 11.0. The summed E-state index contributed by atoms with van der Waals surface area (Å²) >= 11 is 6.05. The average Bonchev–Trinajstić information content (AvgIpc) is 2.46. The van der Waals surface area contributed by atoms with Crippen LogP contribution in [0.2, 0.25) is 5.02 Å². The quantitative estimate of drug-likeness (QED) is 0.929. The van der Waals surface area contributed by atoms with Crippen molar-refractivity contribution in [3.63, 3.8) is 0 Å². The number of halogens is 2. The summed E-state index contributed by atoms with van der Waals surface area (Å²) in [5.41, 5.74) is 1.28. The van der Waals surface area contributed by atoms with E-state index in [-0.39, 0.29) is 12.2 Å². The Bertz CT molecular complexity index is 695. The van der Waals surface area contributed by atoms with Crippen LogP contribution in [0.1, 0.15) is 29.7 Å². The van der Waals surface area contributed by atoms with E-state index < -0.39 is 11.9 Å². The summed E-state index contributed by atoms with van der Waals surface area (Å²) in [4.78, 5) is 0. The standard InChI is InChI=1S/C16H13ClFNO2/c1-10(20)12-4-5-16(14(17)7-12)21-9-13-3-2-11(8-19)6-15(13)18/h2-7,10,20H,9H2,1H3/t10-/m0/s1. The van der Waals surface area contributed by atoms with E-state index in [1.807, 2.05) is 6.07 Å². The van der Waals surface area contributed by atoms with Crippen LogP contribution in [0, 0.1) is 17.1 Å². The van der Waals surface area contributed by atoms with Crippen LogP contribution in [0.15, 0.2) is 36.4 Å². The molecular formula is C16H13ClFNO2. The van der Waals surface area contributed by atoms with Crippen molar-refractivity contribution in [3.8, 4) is 11.8 Å². The molecule has 2 aromatic carbocycles. The van der Waals surface area contributed by atoms with Gasteiger partial charge in [-0.3, -0.25) is 0 Å². The Balaban J connectivity index is 2.12. The Morgan fingerprint density at radius 3 is 2.67 bits per heavy atom. The Morgan fingerprint density at radius 1 is 1.33 bits per heavy atom. The van der Waals surface area contributed by atoms with Gasteiger partial charge in [0.2, 0.25) is 0 Å². The molecule has 0 radical (unpaired) electrons. The largest absolute Gasteiger partial charge is 0.487 e. The lowest BCUT2D eigenvalue weighted by Gasteiger charge is -2.11. The second kappa shape index (κ2) is 6.57. The fraction of sp³-hybridized carbons (Fsp3) is 0.188. The van der Waals surface area contributed by atoms with Crippen molar-refractivity contribution < 1.29 is 14.2 Å². The number of benzene rings is 2. The molecule has 3 nitrogen and oxygen atoms in total. The normalized spacial score (nSPS) is 11.8. The number of ether oxygens (including phenoxy) is 1. The zero-order valence-electron chi connectivity index (χ0n) is 11.3. The Morgan fingerprint density at radius 2 is 2.10 bits per heavy atom. The van der Waals surface area contributed by atoms with Gasteiger partial charge in [0.15, 0.2) is 0 Å². The van der Waals surface area contributed by atoms with Crippen LogP contribution in [0.25, 0.3) is 0 Å². The monoisotopic (exact) mass is 305 g/mol. The minimum atomic E-state index is -0.618. The molecule has 0 aromatic heterocycles. The van der Waals surface area contributed by atoms with Crippen LogP contribution in [0.4, 0.5) is 4.39 Å². The van der Waals surface area contributed by atoms with Gasteiger partial charge in [-0.15, -0.1) is 0 Å². The summed E-state index contributed by atoms with van der Waals surface area (Å²) in [7, 11) is 0. The molecule has 0 saturated heterocycles. The number of nitrogens with zero attached hydrogens (tertiary/aromatic N) is 1. The first kappa shape index (κ1) is 15.3. The van der Waals surface area contributed by atoms with E-state index in [0.717, 1.165) is 6.07 Å². The number of nitriles is 1. The molecule has 0 aliphatic carbocycles. The number of hydrogen-bond acceptors (Lipinski definition) is 3. The maximum absolute atomic E-state index is 13.7. The summed E-state index contributed by atoms with van der Waals surface area (Å²) in [5, 5.41) is 18.5. The molecule has 0 bridgehead atoms. The van der Waals surface area contributed by atoms with Gasteiger partial charge in [-0.25, -0.2) is 4.39 Å². The Labute approximate surface area is 127 Å². The number of aliphatic hydroxyl groups is 1. The maximum atomic E-state index is 13.7. The minimum absolute atomic E-state index is 0.00525. The predicted octanol–water partition coefficient (Wildman–Crippen LogP) is 3.98. The van der Waals surface area contributed by atoms with E-state index in [2.05, 4.69) is 0 Å². The van der Waals surface area contributed by atoms with Gasteiger partial charge in [-0.1, -0.05) is 23.7 Å². The molecule has 0 heterocycles. The zero-order valence-corrected chi connectivity index (χ0v) is 12.1. The second-order valence-electron chi connectivity index (χ2n) is 4.57. The zero-order chi connectivity index (χ0) is 15.4. The van der Waals surface area contributed by atoms with Gasteiger partial charge in [0.1, 0.15) is 18.2 Å². The molecule has 0 aliphatic rings. The molecule has 2 rings (SSSR count). The van der Waals surface area contributed by atoms with Crippen molar-refractivity contribution >= 4 is 11.6 Å². The maximum Gasteiger partial charge on any atom is 0.138 e. The van der Waals surface area contributed by atoms with Crippen molar-refractivity contribution in [1.29, 1.82) is 5.26 Å². The van der Waals surface area contributed by atoms with Gasteiger partial charge in [0.25, 0.3) is 0 Å². The third kappa shape index (κ3) is 3.72. The first-order chi connectivity index (χ1) is 10.0. The van der Waals surface area contributed by atoms with E-state index in [9.17, 15) is 9.50 Å². The average molecular weight is 306 g/mol. The molecule has 0 fully saturated rings. The van der Waals surface area contributed by atoms with Crippen LogP contribution >= 0.6 is 11.6 Å². The van der Waals surface area contributed by atoms with Gasteiger partial charge in [0, 0.05) is 5.56 Å². The summed E-state index contributed by atoms with van der Waals surface area (Å²) < 4.78 is 19.2. The molecule has 0 unspecified atom stereocenters. The highest BCUT2D eigenvalue weighted by molar-refractivity contribution is 6.32. The fourth-order valence-corrected chi connectivity index (χ4v) is 2.03. The smallest absolute Gasteiger partial charge is 0.138 e. The van der Waals surface area contributed by atoms with Gasteiger partial charge < -0.3 is 9.84 Å². The minimum Gasteiger partial charge on any atom is -0.487 e. The van der Waals surface area contributed by atoms with E-state index in [1.165, 1.54) is 12.1 Å².